The van der Waals surface area contributed by atoms with Crippen LogP contribution in [0.1, 0.15) is 19.4 Å². The van der Waals surface area contributed by atoms with Crippen LogP contribution in [0.4, 0.5) is 5.69 Å². The third kappa shape index (κ3) is 4.95. The Bertz CT molecular complexity index is 553. The molecule has 0 aliphatic carbocycles. The van der Waals surface area contributed by atoms with Crippen molar-refractivity contribution < 1.29 is 19.1 Å². The van der Waals surface area contributed by atoms with E-state index < -0.39 is 17.7 Å². The molecule has 1 rings (SSSR count). The van der Waals surface area contributed by atoms with Gasteiger partial charge in [-0.15, -0.1) is 0 Å². The van der Waals surface area contributed by atoms with Crippen LogP contribution in [0.25, 0.3) is 0 Å². The van der Waals surface area contributed by atoms with Gasteiger partial charge in [-0.3, -0.25) is 5.43 Å². The number of nitrogens with one attached hydrogen (secondary N) is 1. The van der Waals surface area contributed by atoms with Crippen LogP contribution in [0.5, 0.6) is 0 Å². The van der Waals surface area contributed by atoms with Crippen LogP contribution < -0.4 is 5.43 Å². The largest absolute Gasteiger partial charge is 0.461 e. The minimum absolute atomic E-state index is 0.119. The van der Waals surface area contributed by atoms with Crippen molar-refractivity contribution in [3.8, 4) is 6.07 Å². The Morgan fingerprint density at radius 3 is 2.10 bits per heavy atom. The van der Waals surface area contributed by atoms with E-state index in [-0.39, 0.29) is 13.2 Å². The third-order valence-corrected chi connectivity index (χ3v) is 2.25. The molecule has 0 saturated heterocycles. The molecular weight excluding hydrogens is 274 g/mol. The first-order chi connectivity index (χ1) is 10.1. The summed E-state index contributed by atoms with van der Waals surface area (Å²) in [6.07, 6.45) is 0. The highest BCUT2D eigenvalue weighted by molar-refractivity contribution is 6.62. The SMILES string of the molecule is CCOC(=O)C(=NNc1ccc(C#N)cc1)C(=O)OCC. The van der Waals surface area contributed by atoms with Crippen LogP contribution in [0.15, 0.2) is 29.4 Å². The van der Waals surface area contributed by atoms with Gasteiger partial charge in [0, 0.05) is 0 Å². The normalized spacial score (nSPS) is 9.19. The quantitative estimate of drug-likeness (QED) is 0.368. The maximum atomic E-state index is 11.6. The van der Waals surface area contributed by atoms with Gasteiger partial charge >= 0.3 is 11.9 Å². The highest BCUT2D eigenvalue weighted by Crippen LogP contribution is 2.08. The van der Waals surface area contributed by atoms with Gasteiger partial charge in [-0.2, -0.15) is 10.4 Å². The first kappa shape index (κ1) is 16.2. The Morgan fingerprint density at radius 1 is 1.14 bits per heavy atom. The molecule has 7 nitrogen and oxygen atoms in total. The van der Waals surface area contributed by atoms with Gasteiger partial charge < -0.3 is 9.47 Å². The van der Waals surface area contributed by atoms with Gasteiger partial charge in [-0.05, 0) is 38.1 Å². The fourth-order valence-electron chi connectivity index (χ4n) is 1.31. The molecule has 110 valence electrons. The molecule has 0 spiro atoms. The number of carbonyl (C=O) groups is 2. The number of hydrazone groups is 1. The molecule has 0 heterocycles. The van der Waals surface area contributed by atoms with Crippen molar-refractivity contribution in [2.45, 2.75) is 13.8 Å². The number of carbonyl (C=O) groups excluding carboxylic acids is 2. The topological polar surface area (TPSA) is 101 Å². The highest BCUT2D eigenvalue weighted by Gasteiger charge is 2.23. The summed E-state index contributed by atoms with van der Waals surface area (Å²) in [7, 11) is 0. The first-order valence-electron chi connectivity index (χ1n) is 6.30. The maximum Gasteiger partial charge on any atom is 0.366 e. The number of hydrogen-bond donors (Lipinski definition) is 1. The molecule has 0 fully saturated rings. The van der Waals surface area contributed by atoms with E-state index in [9.17, 15) is 9.59 Å². The van der Waals surface area contributed by atoms with E-state index in [1.807, 2.05) is 6.07 Å². The molecule has 0 bridgehead atoms. The average Bonchev–Trinajstić information content (AvgIpc) is 2.48. The number of benzene rings is 1. The molecule has 0 radical (unpaired) electrons. The average molecular weight is 289 g/mol. The van der Waals surface area contributed by atoms with Crippen molar-refractivity contribution in [2.24, 2.45) is 5.10 Å². The molecule has 0 unspecified atom stereocenters. The smallest absolute Gasteiger partial charge is 0.366 e. The van der Waals surface area contributed by atoms with E-state index in [0.29, 0.717) is 11.3 Å². The predicted octanol–water partition coefficient (Wildman–Crippen LogP) is 1.45. The minimum atomic E-state index is -0.864. The van der Waals surface area contributed by atoms with Crippen LogP contribution >= 0.6 is 0 Å². The van der Waals surface area contributed by atoms with Gasteiger partial charge in [0.1, 0.15) is 0 Å². The lowest BCUT2D eigenvalue weighted by Crippen LogP contribution is -2.29. The summed E-state index contributed by atoms with van der Waals surface area (Å²) >= 11 is 0. The Kier molecular flexibility index (Phi) is 6.41. The minimum Gasteiger partial charge on any atom is -0.461 e. The zero-order chi connectivity index (χ0) is 15.7. The second-order valence-corrected chi connectivity index (χ2v) is 3.70. The molecule has 0 aliphatic rings. The van der Waals surface area contributed by atoms with Gasteiger partial charge in [0.05, 0.1) is 30.5 Å². The van der Waals surface area contributed by atoms with Crippen LogP contribution in [-0.4, -0.2) is 30.9 Å². The Balaban J connectivity index is 2.88. The number of anilines is 1. The predicted molar refractivity (Wildman–Crippen MR) is 75.5 cm³/mol. The van der Waals surface area contributed by atoms with Gasteiger partial charge in [0.2, 0.25) is 0 Å². The van der Waals surface area contributed by atoms with Crippen LogP contribution in [-0.2, 0) is 19.1 Å². The molecule has 1 aromatic carbocycles. The van der Waals surface area contributed by atoms with E-state index >= 15 is 0 Å². The van der Waals surface area contributed by atoms with Crippen molar-refractivity contribution in [3.05, 3.63) is 29.8 Å². The molecular formula is C14H15N3O4. The highest BCUT2D eigenvalue weighted by atomic mass is 16.6. The fourth-order valence-corrected chi connectivity index (χ4v) is 1.31. The zero-order valence-corrected chi connectivity index (χ0v) is 11.8. The summed E-state index contributed by atoms with van der Waals surface area (Å²) in [6.45, 7) is 3.48. The van der Waals surface area contributed by atoms with Crippen molar-refractivity contribution in [1.82, 2.24) is 0 Å². The summed E-state index contributed by atoms with van der Waals surface area (Å²) in [5, 5.41) is 12.4. The van der Waals surface area contributed by atoms with E-state index in [1.54, 1.807) is 38.1 Å². The number of esters is 2. The van der Waals surface area contributed by atoms with Crippen LogP contribution in [0.2, 0.25) is 0 Å². The Hall–Kier alpha value is -2.88. The zero-order valence-electron chi connectivity index (χ0n) is 11.8. The molecule has 1 N–H and O–H groups in total. The summed E-state index contributed by atoms with van der Waals surface area (Å²) in [6, 6.07) is 8.31. The monoisotopic (exact) mass is 289 g/mol. The van der Waals surface area contributed by atoms with Crippen molar-refractivity contribution in [3.63, 3.8) is 0 Å². The van der Waals surface area contributed by atoms with Crippen LogP contribution in [0, 0.1) is 11.3 Å². The standard InChI is InChI=1S/C14H15N3O4/c1-3-20-13(18)12(14(19)21-4-2)17-16-11-7-5-10(9-15)6-8-11/h5-8,16H,3-4H2,1-2H3. The lowest BCUT2D eigenvalue weighted by molar-refractivity contribution is -0.140. The third-order valence-electron chi connectivity index (χ3n) is 2.25. The first-order valence-corrected chi connectivity index (χ1v) is 6.30. The maximum absolute atomic E-state index is 11.6. The Morgan fingerprint density at radius 2 is 1.67 bits per heavy atom. The summed E-state index contributed by atoms with van der Waals surface area (Å²) in [5.41, 5.74) is 3.08. The lowest BCUT2D eigenvalue weighted by atomic mass is 10.2. The Labute approximate surface area is 122 Å². The van der Waals surface area contributed by atoms with E-state index in [2.05, 4.69) is 10.5 Å². The second kappa shape index (κ2) is 8.32. The van der Waals surface area contributed by atoms with Gasteiger partial charge in [-0.1, -0.05) is 0 Å². The molecule has 21 heavy (non-hydrogen) atoms. The van der Waals surface area contributed by atoms with Crippen molar-refractivity contribution in [2.75, 3.05) is 18.6 Å². The van der Waals surface area contributed by atoms with Gasteiger partial charge in [0.25, 0.3) is 5.71 Å². The lowest BCUT2D eigenvalue weighted by Gasteiger charge is -2.06. The number of nitrogens with zero attached hydrogens (tertiary/aromatic N) is 2. The molecule has 0 amide bonds. The van der Waals surface area contributed by atoms with E-state index in [0.717, 1.165) is 0 Å². The summed E-state index contributed by atoms with van der Waals surface area (Å²) < 4.78 is 9.49. The second-order valence-electron chi connectivity index (χ2n) is 3.70. The van der Waals surface area contributed by atoms with Crippen molar-refractivity contribution >= 4 is 23.3 Å². The molecule has 0 saturated carbocycles. The van der Waals surface area contributed by atoms with Gasteiger partial charge in [-0.25, -0.2) is 9.59 Å². The number of hydrogen-bond acceptors (Lipinski definition) is 7. The fraction of sp³-hybridized carbons (Fsp3) is 0.286. The summed E-state index contributed by atoms with van der Waals surface area (Å²) in [4.78, 5) is 23.3. The molecule has 0 aliphatic heterocycles. The number of ether oxygens (including phenoxy) is 2. The van der Waals surface area contributed by atoms with E-state index in [1.165, 1.54) is 0 Å². The molecule has 1 aromatic rings. The van der Waals surface area contributed by atoms with E-state index in [4.69, 9.17) is 14.7 Å². The summed E-state index contributed by atoms with van der Waals surface area (Å²) in [5.74, 6) is -1.73. The number of rotatable bonds is 6. The molecule has 0 aromatic heterocycles. The van der Waals surface area contributed by atoms with Gasteiger partial charge in [0.15, 0.2) is 0 Å². The molecule has 0 atom stereocenters. The van der Waals surface area contributed by atoms with Crippen molar-refractivity contribution in [1.29, 1.82) is 5.26 Å². The van der Waals surface area contributed by atoms with Crippen LogP contribution in [0.3, 0.4) is 0 Å². The molecule has 7 heteroatoms. The number of nitriles is 1.